The van der Waals surface area contributed by atoms with Crippen LogP contribution in [0.3, 0.4) is 0 Å². The van der Waals surface area contributed by atoms with E-state index in [9.17, 15) is 4.79 Å². The molecular weight excluding hydrogens is 214 g/mol. The maximum absolute atomic E-state index is 11.9. The molecule has 0 aromatic heterocycles. The highest BCUT2D eigenvalue weighted by Gasteiger charge is 2.29. The molecule has 0 bridgehead atoms. The van der Waals surface area contributed by atoms with Gasteiger partial charge in [0.1, 0.15) is 6.04 Å². The fraction of sp³-hybridized carbons (Fsp3) is 0.846. The first-order chi connectivity index (χ1) is 8.04. The van der Waals surface area contributed by atoms with Gasteiger partial charge in [-0.1, -0.05) is 20.8 Å². The summed E-state index contributed by atoms with van der Waals surface area (Å²) in [7, 11) is 0. The van der Waals surface area contributed by atoms with Gasteiger partial charge < -0.3 is 5.32 Å². The van der Waals surface area contributed by atoms with Crippen LogP contribution in [0.1, 0.15) is 33.6 Å². The van der Waals surface area contributed by atoms with Crippen LogP contribution in [-0.2, 0) is 4.79 Å². The molecule has 96 valence electrons. The predicted molar refractivity (Wildman–Crippen MR) is 67.2 cm³/mol. The standard InChI is InChI=1S/C13H23N3O/c1-10(2)5-7-16-9-11(3)8-15-13(17)12(16)4-6-14/h10-12H,4-5,7-9H2,1-3H3,(H,15,17). The summed E-state index contributed by atoms with van der Waals surface area (Å²) in [5, 5.41) is 11.7. The van der Waals surface area contributed by atoms with Crippen molar-refractivity contribution in [3.8, 4) is 6.07 Å². The van der Waals surface area contributed by atoms with E-state index < -0.39 is 0 Å². The first kappa shape index (κ1) is 14.0. The number of hydrogen-bond donors (Lipinski definition) is 1. The Hall–Kier alpha value is -1.08. The molecule has 0 spiro atoms. The fourth-order valence-corrected chi connectivity index (χ4v) is 2.13. The number of nitriles is 1. The molecule has 0 saturated carbocycles. The quantitative estimate of drug-likeness (QED) is 0.803. The van der Waals surface area contributed by atoms with E-state index in [0.717, 1.165) is 26.1 Å². The van der Waals surface area contributed by atoms with Crippen LogP contribution in [0.15, 0.2) is 0 Å². The smallest absolute Gasteiger partial charge is 0.238 e. The molecule has 2 unspecified atom stereocenters. The maximum Gasteiger partial charge on any atom is 0.238 e. The van der Waals surface area contributed by atoms with Gasteiger partial charge in [0.05, 0.1) is 12.5 Å². The van der Waals surface area contributed by atoms with Gasteiger partial charge in [-0.3, -0.25) is 9.69 Å². The lowest BCUT2D eigenvalue weighted by Crippen LogP contribution is -2.44. The third kappa shape index (κ3) is 4.35. The predicted octanol–water partition coefficient (Wildman–Crippen LogP) is 1.38. The molecule has 17 heavy (non-hydrogen) atoms. The first-order valence-corrected chi connectivity index (χ1v) is 6.43. The van der Waals surface area contributed by atoms with E-state index in [4.69, 9.17) is 5.26 Å². The molecule has 1 fully saturated rings. The van der Waals surface area contributed by atoms with Gasteiger partial charge in [0.15, 0.2) is 0 Å². The maximum atomic E-state index is 11.9. The Bertz CT molecular complexity index is 296. The molecule has 0 aromatic carbocycles. The Morgan fingerprint density at radius 3 is 2.88 bits per heavy atom. The Morgan fingerprint density at radius 2 is 2.29 bits per heavy atom. The van der Waals surface area contributed by atoms with Crippen molar-refractivity contribution >= 4 is 5.91 Å². The normalized spacial score (nSPS) is 26.4. The Morgan fingerprint density at radius 1 is 1.59 bits per heavy atom. The van der Waals surface area contributed by atoms with Gasteiger partial charge in [-0.2, -0.15) is 5.26 Å². The van der Waals surface area contributed by atoms with Gasteiger partial charge in [-0.15, -0.1) is 0 Å². The SMILES string of the molecule is CC(C)CCN1CC(C)CNC(=O)C1CC#N. The molecule has 1 aliphatic rings. The van der Waals surface area contributed by atoms with Gasteiger partial charge in [0, 0.05) is 13.1 Å². The average molecular weight is 237 g/mol. The number of hydrogen-bond acceptors (Lipinski definition) is 3. The molecule has 1 amide bonds. The Balaban J connectivity index is 2.69. The van der Waals surface area contributed by atoms with Crippen LogP contribution in [0.2, 0.25) is 0 Å². The van der Waals surface area contributed by atoms with Gasteiger partial charge >= 0.3 is 0 Å². The highest BCUT2D eigenvalue weighted by atomic mass is 16.2. The summed E-state index contributed by atoms with van der Waals surface area (Å²) >= 11 is 0. The van der Waals surface area contributed by atoms with Crippen molar-refractivity contribution in [2.24, 2.45) is 11.8 Å². The Labute approximate surface area is 104 Å². The monoisotopic (exact) mass is 237 g/mol. The summed E-state index contributed by atoms with van der Waals surface area (Å²) in [5.74, 6) is 1.09. The number of carbonyl (C=O) groups excluding carboxylic acids is 1. The highest BCUT2D eigenvalue weighted by Crippen LogP contribution is 2.14. The van der Waals surface area contributed by atoms with Crippen LogP contribution in [0.4, 0.5) is 0 Å². The molecular formula is C13H23N3O. The molecule has 1 heterocycles. The second-order valence-electron chi connectivity index (χ2n) is 5.41. The number of rotatable bonds is 4. The molecule has 4 heteroatoms. The third-order valence-corrected chi connectivity index (χ3v) is 3.19. The van der Waals surface area contributed by atoms with Crippen molar-refractivity contribution in [2.45, 2.75) is 39.7 Å². The molecule has 0 aromatic rings. The number of carbonyl (C=O) groups is 1. The van der Waals surface area contributed by atoms with E-state index in [1.165, 1.54) is 0 Å². The van der Waals surface area contributed by atoms with Crippen LogP contribution in [0.25, 0.3) is 0 Å². The minimum atomic E-state index is -0.260. The first-order valence-electron chi connectivity index (χ1n) is 6.43. The van der Waals surface area contributed by atoms with E-state index >= 15 is 0 Å². The molecule has 1 rings (SSSR count). The Kier molecular flexibility index (Phi) is 5.43. The van der Waals surface area contributed by atoms with Crippen molar-refractivity contribution in [1.82, 2.24) is 10.2 Å². The summed E-state index contributed by atoms with van der Waals surface area (Å²) in [6, 6.07) is 1.87. The fourth-order valence-electron chi connectivity index (χ4n) is 2.13. The second kappa shape index (κ2) is 6.61. The number of nitrogens with zero attached hydrogens (tertiary/aromatic N) is 2. The van der Waals surface area contributed by atoms with Gasteiger partial charge in [0.25, 0.3) is 0 Å². The molecule has 1 saturated heterocycles. The summed E-state index contributed by atoms with van der Waals surface area (Å²) in [4.78, 5) is 14.1. The molecule has 1 N–H and O–H groups in total. The minimum Gasteiger partial charge on any atom is -0.354 e. The van der Waals surface area contributed by atoms with E-state index in [-0.39, 0.29) is 18.4 Å². The van der Waals surface area contributed by atoms with Crippen molar-refractivity contribution < 1.29 is 4.79 Å². The molecule has 1 aliphatic heterocycles. The van der Waals surface area contributed by atoms with Crippen LogP contribution < -0.4 is 5.32 Å². The van der Waals surface area contributed by atoms with E-state index in [0.29, 0.717) is 11.8 Å². The molecule has 0 radical (unpaired) electrons. The van der Waals surface area contributed by atoms with Crippen molar-refractivity contribution in [3.05, 3.63) is 0 Å². The third-order valence-electron chi connectivity index (χ3n) is 3.19. The van der Waals surface area contributed by atoms with Crippen LogP contribution in [0.5, 0.6) is 0 Å². The molecule has 4 nitrogen and oxygen atoms in total. The van der Waals surface area contributed by atoms with Crippen molar-refractivity contribution in [3.63, 3.8) is 0 Å². The van der Waals surface area contributed by atoms with Crippen LogP contribution >= 0.6 is 0 Å². The zero-order chi connectivity index (χ0) is 12.8. The summed E-state index contributed by atoms with van der Waals surface area (Å²) in [6.07, 6.45) is 1.36. The zero-order valence-electron chi connectivity index (χ0n) is 11.1. The minimum absolute atomic E-state index is 0.0136. The summed E-state index contributed by atoms with van der Waals surface area (Å²) in [5.41, 5.74) is 0. The van der Waals surface area contributed by atoms with Crippen LogP contribution in [0, 0.1) is 23.2 Å². The van der Waals surface area contributed by atoms with E-state index in [1.807, 2.05) is 0 Å². The number of amides is 1. The largest absolute Gasteiger partial charge is 0.354 e. The lowest BCUT2D eigenvalue weighted by Gasteiger charge is -2.28. The lowest BCUT2D eigenvalue weighted by molar-refractivity contribution is -0.125. The van der Waals surface area contributed by atoms with Gasteiger partial charge in [-0.05, 0) is 24.8 Å². The highest BCUT2D eigenvalue weighted by molar-refractivity contribution is 5.82. The lowest BCUT2D eigenvalue weighted by atomic mass is 10.1. The average Bonchev–Trinajstić information content (AvgIpc) is 2.40. The topological polar surface area (TPSA) is 56.1 Å². The summed E-state index contributed by atoms with van der Waals surface area (Å²) < 4.78 is 0. The second-order valence-corrected chi connectivity index (χ2v) is 5.41. The van der Waals surface area contributed by atoms with E-state index in [1.54, 1.807) is 0 Å². The van der Waals surface area contributed by atoms with Crippen molar-refractivity contribution in [2.75, 3.05) is 19.6 Å². The summed E-state index contributed by atoms with van der Waals surface area (Å²) in [6.45, 7) is 9.02. The number of nitrogens with one attached hydrogen (secondary N) is 1. The zero-order valence-corrected chi connectivity index (χ0v) is 11.1. The molecule has 2 atom stereocenters. The van der Waals surface area contributed by atoms with Gasteiger partial charge in [-0.25, -0.2) is 0 Å². The van der Waals surface area contributed by atoms with Crippen LogP contribution in [-0.4, -0.2) is 36.5 Å². The van der Waals surface area contributed by atoms with Crippen molar-refractivity contribution in [1.29, 1.82) is 5.26 Å². The molecule has 0 aliphatic carbocycles. The van der Waals surface area contributed by atoms with E-state index in [2.05, 4.69) is 37.1 Å². The van der Waals surface area contributed by atoms with Gasteiger partial charge in [0.2, 0.25) is 5.91 Å².